The van der Waals surface area contributed by atoms with Gasteiger partial charge in [-0.1, -0.05) is 0 Å². The van der Waals surface area contributed by atoms with E-state index in [0.29, 0.717) is 6.42 Å². The second-order valence-electron chi connectivity index (χ2n) is 4.26. The van der Waals surface area contributed by atoms with Gasteiger partial charge in [0.25, 0.3) is 0 Å². The van der Waals surface area contributed by atoms with Crippen LogP contribution >= 0.6 is 0 Å². The highest BCUT2D eigenvalue weighted by molar-refractivity contribution is 5.76. The van der Waals surface area contributed by atoms with E-state index >= 15 is 0 Å². The fourth-order valence-electron chi connectivity index (χ4n) is 2.26. The predicted octanol–water partition coefficient (Wildman–Crippen LogP) is -0.563. The third kappa shape index (κ3) is 3.00. The number of aliphatic hydroxyl groups is 1. The quantitative estimate of drug-likeness (QED) is 0.761. The average Bonchev–Trinajstić information content (AvgIpc) is 2.83. The molecule has 2 rings (SSSR count). The van der Waals surface area contributed by atoms with Crippen LogP contribution in [0.1, 0.15) is 25.7 Å². The first kappa shape index (κ1) is 12.0. The first-order valence-electron chi connectivity index (χ1n) is 5.92. The predicted molar refractivity (Wildman–Crippen MR) is 58.9 cm³/mol. The molecule has 0 saturated carbocycles. The Hall–Kier alpha value is -1.50. The van der Waals surface area contributed by atoms with Crippen molar-refractivity contribution in [1.82, 2.24) is 25.1 Å². The van der Waals surface area contributed by atoms with E-state index in [1.165, 1.54) is 11.0 Å². The van der Waals surface area contributed by atoms with E-state index in [2.05, 4.69) is 15.5 Å². The molecule has 0 radical (unpaired) electrons. The largest absolute Gasteiger partial charge is 0.396 e. The summed E-state index contributed by atoms with van der Waals surface area (Å²) >= 11 is 0. The molecular formula is C10H17N5O2. The number of aromatic nitrogens is 4. The summed E-state index contributed by atoms with van der Waals surface area (Å²) in [7, 11) is 0. The maximum atomic E-state index is 12.1. The molecule has 1 unspecified atom stereocenters. The summed E-state index contributed by atoms with van der Waals surface area (Å²) in [5, 5.41) is 19.7. The van der Waals surface area contributed by atoms with E-state index in [0.717, 1.165) is 25.8 Å². The van der Waals surface area contributed by atoms with Gasteiger partial charge < -0.3 is 10.0 Å². The Bertz CT molecular complexity index is 352. The summed E-state index contributed by atoms with van der Waals surface area (Å²) in [6.45, 7) is 1.07. The van der Waals surface area contributed by atoms with Crippen molar-refractivity contribution in [1.29, 1.82) is 0 Å². The van der Waals surface area contributed by atoms with Crippen LogP contribution in [0.2, 0.25) is 0 Å². The number of hydrogen-bond donors (Lipinski definition) is 1. The number of carbonyl (C=O) groups is 1. The number of rotatable bonds is 4. The number of aliphatic hydroxyl groups excluding tert-OH is 1. The minimum Gasteiger partial charge on any atom is -0.396 e. The summed E-state index contributed by atoms with van der Waals surface area (Å²) < 4.78 is 1.42. The molecule has 0 aromatic carbocycles. The molecule has 1 amide bonds. The van der Waals surface area contributed by atoms with Crippen molar-refractivity contribution >= 4 is 5.91 Å². The molecule has 1 saturated heterocycles. The molecule has 94 valence electrons. The van der Waals surface area contributed by atoms with Crippen LogP contribution < -0.4 is 0 Å². The highest BCUT2D eigenvalue weighted by Gasteiger charge is 2.26. The Morgan fingerprint density at radius 2 is 2.35 bits per heavy atom. The summed E-state index contributed by atoms with van der Waals surface area (Å²) in [4.78, 5) is 13.9. The van der Waals surface area contributed by atoms with Crippen molar-refractivity contribution in [2.24, 2.45) is 0 Å². The van der Waals surface area contributed by atoms with Crippen molar-refractivity contribution in [2.75, 3.05) is 13.2 Å². The Labute approximate surface area is 99.4 Å². The molecule has 1 N–H and O–H groups in total. The van der Waals surface area contributed by atoms with E-state index in [4.69, 9.17) is 5.11 Å². The summed E-state index contributed by atoms with van der Waals surface area (Å²) in [6, 6.07) is 0.165. The van der Waals surface area contributed by atoms with Crippen LogP contribution in [-0.2, 0) is 11.3 Å². The van der Waals surface area contributed by atoms with Gasteiger partial charge in [-0.3, -0.25) is 4.79 Å². The molecule has 7 nitrogen and oxygen atoms in total. The number of likely N-dealkylation sites (tertiary alicyclic amines) is 1. The van der Waals surface area contributed by atoms with Gasteiger partial charge in [-0.05, 0) is 36.1 Å². The lowest BCUT2D eigenvalue weighted by molar-refractivity contribution is -0.136. The molecule has 1 fully saturated rings. The number of hydrogen-bond acceptors (Lipinski definition) is 5. The lowest BCUT2D eigenvalue weighted by Crippen LogP contribution is -2.45. The van der Waals surface area contributed by atoms with Crippen molar-refractivity contribution in [3.63, 3.8) is 0 Å². The lowest BCUT2D eigenvalue weighted by Gasteiger charge is -2.35. The van der Waals surface area contributed by atoms with Gasteiger partial charge in [-0.15, -0.1) is 5.10 Å². The fraction of sp³-hybridized carbons (Fsp3) is 0.800. The first-order valence-corrected chi connectivity index (χ1v) is 5.92. The van der Waals surface area contributed by atoms with Crippen molar-refractivity contribution in [2.45, 2.75) is 38.3 Å². The SMILES string of the molecule is O=C(Cn1cnnn1)N1CCCCC1CCO. The summed E-state index contributed by atoms with van der Waals surface area (Å²) in [5.74, 6) is 0.0236. The molecule has 0 aliphatic carbocycles. The standard InChI is InChI=1S/C10H17N5O2/c16-6-4-9-3-1-2-5-15(9)10(17)7-14-8-11-12-13-14/h8-9,16H,1-7H2. The monoisotopic (exact) mass is 239 g/mol. The number of nitrogens with zero attached hydrogens (tertiary/aromatic N) is 5. The second-order valence-corrected chi connectivity index (χ2v) is 4.26. The third-order valence-electron chi connectivity index (χ3n) is 3.10. The smallest absolute Gasteiger partial charge is 0.244 e. The van der Waals surface area contributed by atoms with Gasteiger partial charge >= 0.3 is 0 Å². The number of amides is 1. The Morgan fingerprint density at radius 1 is 1.47 bits per heavy atom. The van der Waals surface area contributed by atoms with Crippen molar-refractivity contribution in [3.05, 3.63) is 6.33 Å². The zero-order chi connectivity index (χ0) is 12.1. The van der Waals surface area contributed by atoms with Gasteiger partial charge in [0.1, 0.15) is 12.9 Å². The second kappa shape index (κ2) is 5.72. The minimum atomic E-state index is 0.0236. The van der Waals surface area contributed by atoms with Gasteiger partial charge in [-0.25, -0.2) is 4.68 Å². The van der Waals surface area contributed by atoms with Crippen molar-refractivity contribution < 1.29 is 9.90 Å². The van der Waals surface area contributed by atoms with Crippen LogP contribution in [0.5, 0.6) is 0 Å². The van der Waals surface area contributed by atoms with Crippen LogP contribution in [-0.4, -0.2) is 55.3 Å². The van der Waals surface area contributed by atoms with Gasteiger partial charge in [-0.2, -0.15) is 0 Å². The van der Waals surface area contributed by atoms with Crippen LogP contribution in [0.25, 0.3) is 0 Å². The van der Waals surface area contributed by atoms with Gasteiger partial charge in [0, 0.05) is 19.2 Å². The molecule has 0 bridgehead atoms. The summed E-state index contributed by atoms with van der Waals surface area (Å²) in [5.41, 5.74) is 0. The van der Waals surface area contributed by atoms with Crippen LogP contribution in [0.3, 0.4) is 0 Å². The average molecular weight is 239 g/mol. The van der Waals surface area contributed by atoms with Crippen LogP contribution in [0.15, 0.2) is 6.33 Å². The molecule has 1 aliphatic rings. The van der Waals surface area contributed by atoms with Crippen LogP contribution in [0.4, 0.5) is 0 Å². The molecule has 1 aromatic rings. The highest BCUT2D eigenvalue weighted by atomic mass is 16.3. The molecule has 7 heteroatoms. The molecule has 0 spiro atoms. The van der Waals surface area contributed by atoms with Gasteiger partial charge in [0.05, 0.1) is 0 Å². The summed E-state index contributed by atoms with van der Waals surface area (Å²) in [6.07, 6.45) is 5.22. The minimum absolute atomic E-state index is 0.0236. The van der Waals surface area contributed by atoms with Gasteiger partial charge in [0.2, 0.25) is 5.91 Å². The molecule has 17 heavy (non-hydrogen) atoms. The topological polar surface area (TPSA) is 84.1 Å². The number of carbonyl (C=O) groups excluding carboxylic acids is 1. The molecule has 2 heterocycles. The van der Waals surface area contributed by atoms with Gasteiger partial charge in [0.15, 0.2) is 0 Å². The van der Waals surface area contributed by atoms with Crippen molar-refractivity contribution in [3.8, 4) is 0 Å². The first-order chi connectivity index (χ1) is 8.31. The highest BCUT2D eigenvalue weighted by Crippen LogP contribution is 2.19. The Balaban J connectivity index is 1.96. The van der Waals surface area contributed by atoms with E-state index < -0.39 is 0 Å². The van der Waals surface area contributed by atoms with E-state index in [9.17, 15) is 4.79 Å². The lowest BCUT2D eigenvalue weighted by atomic mass is 9.99. The zero-order valence-electron chi connectivity index (χ0n) is 9.70. The van der Waals surface area contributed by atoms with E-state index in [-0.39, 0.29) is 25.1 Å². The Morgan fingerprint density at radius 3 is 3.06 bits per heavy atom. The molecular weight excluding hydrogens is 222 g/mol. The maximum Gasteiger partial charge on any atom is 0.244 e. The fourth-order valence-corrected chi connectivity index (χ4v) is 2.26. The maximum absolute atomic E-state index is 12.1. The molecule has 1 aromatic heterocycles. The Kier molecular flexibility index (Phi) is 4.03. The van der Waals surface area contributed by atoms with Crippen LogP contribution in [0, 0.1) is 0 Å². The van der Waals surface area contributed by atoms with E-state index in [1.807, 2.05) is 4.90 Å². The van der Waals surface area contributed by atoms with E-state index in [1.54, 1.807) is 0 Å². The number of piperidine rings is 1. The molecule has 1 atom stereocenters. The third-order valence-corrected chi connectivity index (χ3v) is 3.10. The number of tetrazole rings is 1. The zero-order valence-corrected chi connectivity index (χ0v) is 9.70. The molecule has 1 aliphatic heterocycles. The normalized spacial score (nSPS) is 20.5.